The van der Waals surface area contributed by atoms with Crippen LogP contribution in [0.1, 0.15) is 49.5 Å². The summed E-state index contributed by atoms with van der Waals surface area (Å²) < 4.78 is 6.49. The van der Waals surface area contributed by atoms with E-state index in [4.69, 9.17) is 9.72 Å². The first kappa shape index (κ1) is 23.5. The van der Waals surface area contributed by atoms with Crippen LogP contribution >= 0.6 is 23.1 Å². The largest absolute Gasteiger partial charge is 0.466 e. The van der Waals surface area contributed by atoms with Crippen LogP contribution in [0, 0.1) is 0 Å². The highest BCUT2D eigenvalue weighted by molar-refractivity contribution is 7.99. The molecule has 9 heteroatoms. The van der Waals surface area contributed by atoms with Gasteiger partial charge in [0.2, 0.25) is 5.91 Å². The van der Waals surface area contributed by atoms with Crippen LogP contribution in [0.2, 0.25) is 0 Å². The van der Waals surface area contributed by atoms with Crippen molar-refractivity contribution >= 4 is 45.2 Å². The molecule has 168 valence electrons. The van der Waals surface area contributed by atoms with Gasteiger partial charge in [0.15, 0.2) is 5.16 Å². The van der Waals surface area contributed by atoms with Crippen molar-refractivity contribution in [2.24, 2.45) is 0 Å². The maximum atomic E-state index is 13.3. The number of allylic oxidation sites excluding steroid dienone is 1. The molecule has 2 heterocycles. The number of amides is 1. The van der Waals surface area contributed by atoms with Crippen molar-refractivity contribution in [3.05, 3.63) is 33.4 Å². The molecule has 2 aromatic heterocycles. The van der Waals surface area contributed by atoms with Gasteiger partial charge in [-0.05, 0) is 44.6 Å². The van der Waals surface area contributed by atoms with E-state index >= 15 is 0 Å². The summed E-state index contributed by atoms with van der Waals surface area (Å²) in [7, 11) is 0. The van der Waals surface area contributed by atoms with Crippen LogP contribution in [-0.4, -0.2) is 40.3 Å². The minimum atomic E-state index is -0.258. The highest BCUT2D eigenvalue weighted by atomic mass is 32.2. The summed E-state index contributed by atoms with van der Waals surface area (Å²) in [6.07, 6.45) is 7.88. The van der Waals surface area contributed by atoms with Gasteiger partial charge in [-0.25, -0.2) is 4.98 Å². The fourth-order valence-corrected chi connectivity index (χ4v) is 5.81. The molecule has 0 bridgehead atoms. The normalized spacial score (nSPS) is 13.5. The fourth-order valence-electron chi connectivity index (χ4n) is 3.67. The molecule has 3 rings (SSSR count). The Balaban J connectivity index is 1.69. The van der Waals surface area contributed by atoms with Gasteiger partial charge < -0.3 is 10.1 Å². The summed E-state index contributed by atoms with van der Waals surface area (Å²) >= 11 is 2.87. The van der Waals surface area contributed by atoms with E-state index < -0.39 is 0 Å². The average Bonchev–Trinajstić information content (AvgIpc) is 2.93. The van der Waals surface area contributed by atoms with Gasteiger partial charge >= 0.3 is 5.97 Å². The lowest BCUT2D eigenvalue weighted by Crippen LogP contribution is -2.28. The van der Waals surface area contributed by atoms with Gasteiger partial charge in [0.1, 0.15) is 4.83 Å². The van der Waals surface area contributed by atoms with Crippen molar-refractivity contribution < 1.29 is 14.3 Å². The van der Waals surface area contributed by atoms with Gasteiger partial charge in [0, 0.05) is 24.4 Å². The number of carbonyl (C=O) groups excluding carboxylic acids is 2. The number of rotatable bonds is 10. The summed E-state index contributed by atoms with van der Waals surface area (Å²) in [5.74, 6) is -0.263. The minimum Gasteiger partial charge on any atom is -0.466 e. The maximum Gasteiger partial charge on any atom is 0.305 e. The van der Waals surface area contributed by atoms with Gasteiger partial charge in [0.25, 0.3) is 5.56 Å². The van der Waals surface area contributed by atoms with Crippen LogP contribution in [0.5, 0.6) is 0 Å². The molecular weight excluding hydrogens is 434 g/mol. The second kappa shape index (κ2) is 11.5. The number of nitrogens with zero attached hydrogens (tertiary/aromatic N) is 2. The Kier molecular flexibility index (Phi) is 8.71. The van der Waals surface area contributed by atoms with Crippen molar-refractivity contribution in [1.29, 1.82) is 0 Å². The molecular formula is C22H29N3O4S2. The predicted octanol–water partition coefficient (Wildman–Crippen LogP) is 3.46. The standard InChI is InChI=1S/C22H29N3O4S2/c1-3-13-25-21(28)19-15-9-6-5-7-10-16(15)31-20(19)24-22(25)30-14-17(26)23-12-8-11-18(27)29-4-2/h3H,1,4-14H2,2H3,(H,23,26). The van der Waals surface area contributed by atoms with Crippen molar-refractivity contribution in [1.82, 2.24) is 14.9 Å². The number of fused-ring (bicyclic) bond motifs is 3. The SMILES string of the molecule is C=CCn1c(SCC(=O)NCCCC(=O)OCC)nc2sc3c(c2c1=O)CCCCC3. The van der Waals surface area contributed by atoms with Crippen molar-refractivity contribution in [3.63, 3.8) is 0 Å². The number of ether oxygens (including phenoxy) is 1. The Morgan fingerprint density at radius 3 is 2.90 bits per heavy atom. The highest BCUT2D eigenvalue weighted by Crippen LogP contribution is 2.34. The van der Waals surface area contributed by atoms with Gasteiger partial charge in [-0.1, -0.05) is 24.3 Å². The summed E-state index contributed by atoms with van der Waals surface area (Å²) in [5, 5.41) is 4.08. The van der Waals surface area contributed by atoms with Crippen LogP contribution < -0.4 is 10.9 Å². The maximum absolute atomic E-state index is 13.3. The summed E-state index contributed by atoms with van der Waals surface area (Å²) in [6, 6.07) is 0. The number of aromatic nitrogens is 2. The molecule has 0 spiro atoms. The van der Waals surface area contributed by atoms with Crippen molar-refractivity contribution in [3.8, 4) is 0 Å². The molecule has 1 N–H and O–H groups in total. The van der Waals surface area contributed by atoms with E-state index in [1.165, 1.54) is 28.6 Å². The zero-order valence-corrected chi connectivity index (χ0v) is 19.5. The third-order valence-electron chi connectivity index (χ3n) is 5.12. The van der Waals surface area contributed by atoms with Gasteiger partial charge in [-0.3, -0.25) is 19.0 Å². The molecule has 0 saturated heterocycles. The summed E-state index contributed by atoms with van der Waals surface area (Å²) in [5.41, 5.74) is 1.13. The molecule has 31 heavy (non-hydrogen) atoms. The number of hydrogen-bond acceptors (Lipinski definition) is 7. The van der Waals surface area contributed by atoms with E-state index in [0.717, 1.165) is 35.9 Å². The average molecular weight is 464 g/mol. The number of carbonyl (C=O) groups is 2. The highest BCUT2D eigenvalue weighted by Gasteiger charge is 2.21. The summed E-state index contributed by atoms with van der Waals surface area (Å²) in [6.45, 7) is 6.66. The zero-order valence-electron chi connectivity index (χ0n) is 17.9. The first-order chi connectivity index (χ1) is 15.0. The Labute approximate surface area is 190 Å². The number of thioether (sulfide) groups is 1. The topological polar surface area (TPSA) is 90.3 Å². The molecule has 1 amide bonds. The van der Waals surface area contributed by atoms with Crippen LogP contribution in [0.3, 0.4) is 0 Å². The summed E-state index contributed by atoms with van der Waals surface area (Å²) in [4.78, 5) is 43.7. The van der Waals surface area contributed by atoms with E-state index in [0.29, 0.717) is 31.3 Å². The molecule has 2 aromatic rings. The Bertz CT molecular complexity index is 1010. The Morgan fingerprint density at radius 2 is 2.13 bits per heavy atom. The number of hydrogen-bond donors (Lipinski definition) is 1. The van der Waals surface area contributed by atoms with Crippen LogP contribution in [0.15, 0.2) is 22.6 Å². The predicted molar refractivity (Wildman–Crippen MR) is 125 cm³/mol. The van der Waals surface area contributed by atoms with Crippen molar-refractivity contribution in [2.45, 2.75) is 63.6 Å². The number of nitrogens with one attached hydrogen (secondary N) is 1. The lowest BCUT2D eigenvalue weighted by Gasteiger charge is -2.11. The first-order valence-electron chi connectivity index (χ1n) is 10.8. The lowest BCUT2D eigenvalue weighted by atomic mass is 10.1. The minimum absolute atomic E-state index is 0.0401. The fraction of sp³-hybridized carbons (Fsp3) is 0.545. The molecule has 7 nitrogen and oxygen atoms in total. The first-order valence-corrected chi connectivity index (χ1v) is 12.6. The monoisotopic (exact) mass is 463 g/mol. The van der Waals surface area contributed by atoms with E-state index in [-0.39, 0.29) is 29.6 Å². The molecule has 0 unspecified atom stereocenters. The van der Waals surface area contributed by atoms with Crippen LogP contribution in [0.25, 0.3) is 10.2 Å². The Hall–Kier alpha value is -2.13. The molecule has 0 fully saturated rings. The van der Waals surface area contributed by atoms with E-state index in [1.807, 2.05) is 0 Å². The quantitative estimate of drug-likeness (QED) is 0.145. The van der Waals surface area contributed by atoms with Gasteiger partial charge in [0.05, 0.1) is 17.7 Å². The second-order valence-electron chi connectivity index (χ2n) is 7.39. The molecule has 0 aromatic carbocycles. The van der Waals surface area contributed by atoms with Crippen molar-refractivity contribution in [2.75, 3.05) is 18.9 Å². The smallest absolute Gasteiger partial charge is 0.305 e. The second-order valence-corrected chi connectivity index (χ2v) is 9.42. The van der Waals surface area contributed by atoms with E-state index in [9.17, 15) is 14.4 Å². The third kappa shape index (κ3) is 5.98. The number of aryl methyl sites for hydroxylation is 2. The zero-order chi connectivity index (χ0) is 22.2. The molecule has 1 aliphatic rings. The Morgan fingerprint density at radius 1 is 1.32 bits per heavy atom. The van der Waals surface area contributed by atoms with Gasteiger partial charge in [-0.15, -0.1) is 17.9 Å². The lowest BCUT2D eigenvalue weighted by molar-refractivity contribution is -0.143. The third-order valence-corrected chi connectivity index (χ3v) is 7.28. The molecule has 0 radical (unpaired) electrons. The van der Waals surface area contributed by atoms with Crippen LogP contribution in [0.4, 0.5) is 0 Å². The number of thiophene rings is 1. The number of esters is 1. The molecule has 0 atom stereocenters. The molecule has 0 saturated carbocycles. The van der Waals surface area contributed by atoms with E-state index in [1.54, 1.807) is 28.9 Å². The molecule has 0 aliphatic heterocycles. The van der Waals surface area contributed by atoms with Gasteiger partial charge in [-0.2, -0.15) is 0 Å². The van der Waals surface area contributed by atoms with E-state index in [2.05, 4.69) is 11.9 Å². The molecule has 1 aliphatic carbocycles. The van der Waals surface area contributed by atoms with Crippen LogP contribution in [-0.2, 0) is 33.7 Å².